The Morgan fingerprint density at radius 2 is 1.58 bits per heavy atom. The number of hydrogen-bond acceptors (Lipinski definition) is 6. The van der Waals surface area contributed by atoms with Gasteiger partial charge in [0.05, 0.1) is 10.6 Å². The number of sulfonamides is 1. The first kappa shape index (κ1) is 26.5. The van der Waals surface area contributed by atoms with Gasteiger partial charge in [0.1, 0.15) is 4.90 Å². The van der Waals surface area contributed by atoms with Crippen LogP contribution in [0.4, 0.5) is 5.69 Å². The lowest BCUT2D eigenvalue weighted by molar-refractivity contribution is -0.118. The summed E-state index contributed by atoms with van der Waals surface area (Å²) in [7, 11) is -3.88. The zero-order chi connectivity index (χ0) is 24.8. The van der Waals surface area contributed by atoms with Crippen LogP contribution in [0.1, 0.15) is 48.4 Å². The molecule has 0 aliphatic rings. The van der Waals surface area contributed by atoms with E-state index in [1.807, 2.05) is 0 Å². The second-order valence-corrected chi connectivity index (χ2v) is 9.77. The molecular weight excluding hydrogens is 468 g/mol. The summed E-state index contributed by atoms with van der Waals surface area (Å²) in [6.07, 6.45) is 0. The van der Waals surface area contributed by atoms with E-state index < -0.39 is 28.4 Å². The van der Waals surface area contributed by atoms with Gasteiger partial charge in [0.25, 0.3) is 0 Å². The highest BCUT2D eigenvalue weighted by molar-refractivity contribution is 7.89. The smallest absolute Gasteiger partial charge is 0.338 e. The molecule has 178 valence electrons. The lowest BCUT2D eigenvalue weighted by atomic mass is 10.1. The van der Waals surface area contributed by atoms with Crippen molar-refractivity contribution < 1.29 is 27.5 Å². The summed E-state index contributed by atoms with van der Waals surface area (Å²) < 4.78 is 31.9. The maximum Gasteiger partial charge on any atom is 0.338 e. The lowest BCUT2D eigenvalue weighted by Crippen LogP contribution is -2.31. The van der Waals surface area contributed by atoms with Gasteiger partial charge in [-0.05, 0) is 42.5 Å². The third-order valence-electron chi connectivity index (χ3n) is 4.82. The minimum atomic E-state index is -3.88. The molecule has 0 heterocycles. The topological polar surface area (TPSA) is 110 Å². The number of ether oxygens (including phenoxy) is 1. The normalized spacial score (nSPS) is 11.5. The van der Waals surface area contributed by atoms with Crippen LogP contribution in [0.15, 0.2) is 47.4 Å². The van der Waals surface area contributed by atoms with Gasteiger partial charge in [-0.1, -0.05) is 39.3 Å². The predicted octanol–water partition coefficient (Wildman–Crippen LogP) is 4.00. The zero-order valence-electron chi connectivity index (χ0n) is 18.9. The average Bonchev–Trinajstić information content (AvgIpc) is 2.78. The number of nitrogens with zero attached hydrogens (tertiary/aromatic N) is 1. The fraction of sp³-hybridized carbons (Fsp3) is 0.348. The Morgan fingerprint density at radius 1 is 1.00 bits per heavy atom. The van der Waals surface area contributed by atoms with E-state index in [0.717, 1.165) is 6.07 Å². The van der Waals surface area contributed by atoms with Crippen molar-refractivity contribution in [1.29, 1.82) is 0 Å². The zero-order valence-corrected chi connectivity index (χ0v) is 20.5. The Hall–Kier alpha value is -2.75. The van der Waals surface area contributed by atoms with E-state index in [2.05, 4.69) is 5.32 Å². The number of rotatable bonds is 10. The van der Waals surface area contributed by atoms with Crippen molar-refractivity contribution in [2.45, 2.75) is 32.6 Å². The van der Waals surface area contributed by atoms with Crippen molar-refractivity contribution in [1.82, 2.24) is 4.31 Å². The Balaban J connectivity index is 2.09. The Kier molecular flexibility index (Phi) is 9.16. The molecule has 0 aromatic heterocycles. The summed E-state index contributed by atoms with van der Waals surface area (Å²) in [5.74, 6) is -1.62. The van der Waals surface area contributed by atoms with Crippen molar-refractivity contribution in [2.75, 3.05) is 25.0 Å². The van der Waals surface area contributed by atoms with Crippen molar-refractivity contribution in [3.8, 4) is 0 Å². The van der Waals surface area contributed by atoms with Gasteiger partial charge in [0.15, 0.2) is 12.4 Å². The van der Waals surface area contributed by atoms with Crippen LogP contribution in [0, 0.1) is 5.92 Å². The molecule has 1 N–H and O–H groups in total. The van der Waals surface area contributed by atoms with Crippen LogP contribution in [0.3, 0.4) is 0 Å². The standard InChI is InChI=1S/C23H27ClN2O6S/c1-5-26(6-2)33(30,31)21-13-17(9-12-19(21)24)23(29)32-14-20(27)16-7-10-18(11-8-16)25-22(28)15(3)4/h7-13,15H,5-6,14H2,1-4H3,(H,25,28). The lowest BCUT2D eigenvalue weighted by Gasteiger charge is -2.19. The first-order chi connectivity index (χ1) is 15.5. The molecule has 33 heavy (non-hydrogen) atoms. The second kappa shape index (κ2) is 11.4. The molecule has 0 bridgehead atoms. The van der Waals surface area contributed by atoms with E-state index in [4.69, 9.17) is 16.3 Å². The van der Waals surface area contributed by atoms with Gasteiger partial charge in [0.2, 0.25) is 15.9 Å². The summed E-state index contributed by atoms with van der Waals surface area (Å²) in [5, 5.41) is 2.70. The van der Waals surface area contributed by atoms with E-state index in [-0.39, 0.29) is 40.4 Å². The highest BCUT2D eigenvalue weighted by atomic mass is 35.5. The number of esters is 1. The number of amides is 1. The van der Waals surface area contributed by atoms with Crippen LogP contribution < -0.4 is 5.32 Å². The molecular formula is C23H27ClN2O6S. The van der Waals surface area contributed by atoms with Gasteiger partial charge in [-0.15, -0.1) is 0 Å². The van der Waals surface area contributed by atoms with E-state index >= 15 is 0 Å². The molecule has 0 unspecified atom stereocenters. The summed E-state index contributed by atoms with van der Waals surface area (Å²) in [6, 6.07) is 9.99. The maximum atomic E-state index is 12.8. The Labute approximate surface area is 198 Å². The average molecular weight is 495 g/mol. The molecule has 0 saturated carbocycles. The number of ketones is 1. The minimum absolute atomic E-state index is 0.0147. The van der Waals surface area contributed by atoms with E-state index in [9.17, 15) is 22.8 Å². The number of halogens is 1. The molecule has 0 fully saturated rings. The maximum absolute atomic E-state index is 12.8. The van der Waals surface area contributed by atoms with Crippen molar-refractivity contribution >= 4 is 45.0 Å². The van der Waals surface area contributed by atoms with Crippen LogP contribution in [0.2, 0.25) is 5.02 Å². The summed E-state index contributed by atoms with van der Waals surface area (Å²) in [6.45, 7) is 6.90. The van der Waals surface area contributed by atoms with E-state index in [1.54, 1.807) is 39.8 Å². The number of hydrogen-bond donors (Lipinski definition) is 1. The first-order valence-corrected chi connectivity index (χ1v) is 12.2. The largest absolute Gasteiger partial charge is 0.454 e. The molecule has 0 saturated heterocycles. The van der Waals surface area contributed by atoms with Crippen LogP contribution in [0.25, 0.3) is 0 Å². The number of benzene rings is 2. The van der Waals surface area contributed by atoms with Crippen LogP contribution in [-0.2, 0) is 19.6 Å². The van der Waals surface area contributed by atoms with Crippen molar-refractivity contribution in [3.05, 3.63) is 58.6 Å². The van der Waals surface area contributed by atoms with Crippen LogP contribution in [0.5, 0.6) is 0 Å². The third-order valence-corrected chi connectivity index (χ3v) is 7.35. The Morgan fingerprint density at radius 3 is 2.12 bits per heavy atom. The summed E-state index contributed by atoms with van der Waals surface area (Å²) in [5.41, 5.74) is 0.807. The molecule has 10 heteroatoms. The van der Waals surface area contributed by atoms with E-state index in [1.165, 1.54) is 28.6 Å². The quantitative estimate of drug-likeness (QED) is 0.395. The molecule has 2 rings (SSSR count). The number of carbonyl (C=O) groups is 3. The second-order valence-electron chi connectivity index (χ2n) is 7.46. The van der Waals surface area contributed by atoms with Gasteiger partial charge < -0.3 is 10.1 Å². The van der Waals surface area contributed by atoms with Crippen LogP contribution >= 0.6 is 11.6 Å². The Bertz CT molecular complexity index is 1130. The highest BCUT2D eigenvalue weighted by Crippen LogP contribution is 2.26. The van der Waals surface area contributed by atoms with Crippen LogP contribution in [-0.4, -0.2) is 50.1 Å². The predicted molar refractivity (Wildman–Crippen MR) is 126 cm³/mol. The molecule has 2 aromatic carbocycles. The van der Waals surface area contributed by atoms with Gasteiger partial charge >= 0.3 is 5.97 Å². The number of nitrogens with one attached hydrogen (secondary N) is 1. The number of anilines is 1. The van der Waals surface area contributed by atoms with Gasteiger partial charge in [-0.25, -0.2) is 13.2 Å². The first-order valence-electron chi connectivity index (χ1n) is 10.4. The SMILES string of the molecule is CCN(CC)S(=O)(=O)c1cc(C(=O)OCC(=O)c2ccc(NC(=O)C(C)C)cc2)ccc1Cl. The van der Waals surface area contributed by atoms with Gasteiger partial charge in [0, 0.05) is 30.3 Å². The van der Waals surface area contributed by atoms with Gasteiger partial charge in [-0.2, -0.15) is 4.31 Å². The molecule has 0 radical (unpaired) electrons. The fourth-order valence-electron chi connectivity index (χ4n) is 2.85. The molecule has 1 amide bonds. The van der Waals surface area contributed by atoms with Gasteiger partial charge in [-0.3, -0.25) is 9.59 Å². The molecule has 0 spiro atoms. The number of carbonyl (C=O) groups excluding carboxylic acids is 3. The fourth-order valence-corrected chi connectivity index (χ4v) is 4.81. The molecule has 0 aliphatic carbocycles. The third kappa shape index (κ3) is 6.63. The van der Waals surface area contributed by atoms with Crippen molar-refractivity contribution in [2.24, 2.45) is 5.92 Å². The molecule has 2 aromatic rings. The molecule has 8 nitrogen and oxygen atoms in total. The minimum Gasteiger partial charge on any atom is -0.454 e. The molecule has 0 atom stereocenters. The van der Waals surface area contributed by atoms with Crippen molar-refractivity contribution in [3.63, 3.8) is 0 Å². The number of Topliss-reactive ketones (excluding diaryl/α,β-unsaturated/α-hetero) is 1. The van der Waals surface area contributed by atoms with E-state index in [0.29, 0.717) is 11.3 Å². The highest BCUT2D eigenvalue weighted by Gasteiger charge is 2.26. The monoisotopic (exact) mass is 494 g/mol. The summed E-state index contributed by atoms with van der Waals surface area (Å²) >= 11 is 6.07. The summed E-state index contributed by atoms with van der Waals surface area (Å²) in [4.78, 5) is 36.4. The molecule has 0 aliphatic heterocycles.